The Labute approximate surface area is 156 Å². The zero-order valence-electron chi connectivity index (χ0n) is 14.4. The number of hydrogen-bond donors (Lipinski definition) is 0. The minimum atomic E-state index is -0.0248. The molecule has 0 aliphatic rings. The monoisotopic (exact) mass is 362 g/mol. The Balaban J connectivity index is 1.85. The third-order valence-electron chi connectivity index (χ3n) is 4.02. The van der Waals surface area contributed by atoms with Gasteiger partial charge in [0.15, 0.2) is 0 Å². The highest BCUT2D eigenvalue weighted by molar-refractivity contribution is 8.00. The number of amides is 1. The standard InChI is InChI=1S/C20H18N4OS/c1-24(13-7-12-21)18(25)14-26-20-17-11-6-5-10-16(17)19(22-23-20)15-8-3-2-4-9-15/h2-6,8-11H,7,13-14H2,1H3. The molecule has 1 amide bonds. The van der Waals surface area contributed by atoms with E-state index in [1.165, 1.54) is 11.8 Å². The van der Waals surface area contributed by atoms with Crippen LogP contribution in [0.4, 0.5) is 0 Å². The Morgan fingerprint density at radius 1 is 1.08 bits per heavy atom. The van der Waals surface area contributed by atoms with Crippen LogP contribution in [0.5, 0.6) is 0 Å². The van der Waals surface area contributed by atoms with Crippen LogP contribution in [0.15, 0.2) is 59.6 Å². The van der Waals surface area contributed by atoms with Crippen molar-refractivity contribution in [1.82, 2.24) is 15.1 Å². The zero-order valence-corrected chi connectivity index (χ0v) is 15.2. The van der Waals surface area contributed by atoms with Crippen molar-refractivity contribution in [1.29, 1.82) is 5.26 Å². The number of aromatic nitrogens is 2. The lowest BCUT2D eigenvalue weighted by atomic mass is 10.1. The molecule has 0 atom stereocenters. The maximum absolute atomic E-state index is 12.2. The zero-order chi connectivity index (χ0) is 18.4. The van der Waals surface area contributed by atoms with Crippen molar-refractivity contribution in [3.05, 3.63) is 54.6 Å². The van der Waals surface area contributed by atoms with Gasteiger partial charge in [-0.3, -0.25) is 4.79 Å². The van der Waals surface area contributed by atoms with Crippen LogP contribution in [-0.4, -0.2) is 40.3 Å². The van der Waals surface area contributed by atoms with Crippen molar-refractivity contribution in [3.8, 4) is 17.3 Å². The summed E-state index contributed by atoms with van der Waals surface area (Å²) < 4.78 is 0. The van der Waals surface area contributed by atoms with E-state index in [1.54, 1.807) is 11.9 Å². The van der Waals surface area contributed by atoms with Crippen LogP contribution in [0.3, 0.4) is 0 Å². The summed E-state index contributed by atoms with van der Waals surface area (Å²) in [6.45, 7) is 0.440. The Morgan fingerprint density at radius 2 is 1.77 bits per heavy atom. The van der Waals surface area contributed by atoms with E-state index in [0.29, 0.717) is 13.0 Å². The van der Waals surface area contributed by atoms with E-state index in [9.17, 15) is 4.79 Å². The second-order valence-corrected chi connectivity index (χ2v) is 6.74. The molecule has 2 aromatic carbocycles. The number of thioether (sulfide) groups is 1. The molecule has 0 spiro atoms. The van der Waals surface area contributed by atoms with Crippen LogP contribution in [0, 0.1) is 11.3 Å². The van der Waals surface area contributed by atoms with Crippen molar-refractivity contribution in [3.63, 3.8) is 0 Å². The Kier molecular flexibility index (Phi) is 5.82. The molecule has 0 fully saturated rings. The SMILES string of the molecule is CN(CCC#N)C(=O)CSc1nnc(-c2ccccc2)c2ccccc12. The number of benzene rings is 2. The number of rotatable bonds is 6. The number of nitrogens with zero attached hydrogens (tertiary/aromatic N) is 4. The van der Waals surface area contributed by atoms with Gasteiger partial charge in [0.1, 0.15) is 10.7 Å². The van der Waals surface area contributed by atoms with E-state index in [4.69, 9.17) is 5.26 Å². The summed E-state index contributed by atoms with van der Waals surface area (Å²) in [6, 6.07) is 20.0. The highest BCUT2D eigenvalue weighted by Gasteiger charge is 2.14. The lowest BCUT2D eigenvalue weighted by Crippen LogP contribution is -2.29. The van der Waals surface area contributed by atoms with Crippen molar-refractivity contribution in [2.45, 2.75) is 11.4 Å². The van der Waals surface area contributed by atoms with Crippen molar-refractivity contribution >= 4 is 28.4 Å². The minimum Gasteiger partial charge on any atom is -0.344 e. The number of hydrogen-bond acceptors (Lipinski definition) is 5. The first-order chi connectivity index (χ1) is 12.7. The maximum Gasteiger partial charge on any atom is 0.232 e. The van der Waals surface area contributed by atoms with Gasteiger partial charge in [0.2, 0.25) is 5.91 Å². The van der Waals surface area contributed by atoms with Gasteiger partial charge in [0.05, 0.1) is 18.2 Å². The predicted molar refractivity (Wildman–Crippen MR) is 104 cm³/mol. The molecule has 0 radical (unpaired) electrons. The fourth-order valence-corrected chi connectivity index (χ4v) is 3.49. The molecule has 3 aromatic rings. The molecule has 1 aromatic heterocycles. The van der Waals surface area contributed by atoms with Gasteiger partial charge in [-0.05, 0) is 0 Å². The van der Waals surface area contributed by atoms with E-state index in [-0.39, 0.29) is 11.7 Å². The lowest BCUT2D eigenvalue weighted by molar-refractivity contribution is -0.127. The molecule has 26 heavy (non-hydrogen) atoms. The normalized spacial score (nSPS) is 10.5. The first-order valence-corrected chi connectivity index (χ1v) is 9.24. The van der Waals surface area contributed by atoms with E-state index >= 15 is 0 Å². The van der Waals surface area contributed by atoms with Crippen LogP contribution in [0.2, 0.25) is 0 Å². The molecule has 6 heteroatoms. The third-order valence-corrected chi connectivity index (χ3v) is 4.98. The van der Waals surface area contributed by atoms with Crippen LogP contribution in [0.25, 0.3) is 22.0 Å². The first-order valence-electron chi connectivity index (χ1n) is 8.25. The molecule has 0 saturated carbocycles. The van der Waals surface area contributed by atoms with Crippen molar-refractivity contribution in [2.24, 2.45) is 0 Å². The van der Waals surface area contributed by atoms with Gasteiger partial charge in [-0.1, -0.05) is 66.4 Å². The molecule has 5 nitrogen and oxygen atoms in total. The number of nitriles is 1. The van der Waals surface area contributed by atoms with Gasteiger partial charge in [-0.25, -0.2) is 0 Å². The first kappa shape index (κ1) is 17.9. The average molecular weight is 362 g/mol. The molecule has 1 heterocycles. The fraction of sp³-hybridized carbons (Fsp3) is 0.200. The van der Waals surface area contributed by atoms with Gasteiger partial charge >= 0.3 is 0 Å². The summed E-state index contributed by atoms with van der Waals surface area (Å²) in [5.41, 5.74) is 1.85. The summed E-state index contributed by atoms with van der Waals surface area (Å²) in [6.07, 6.45) is 0.335. The number of fused-ring (bicyclic) bond motifs is 1. The minimum absolute atomic E-state index is 0.0248. The van der Waals surface area contributed by atoms with Gasteiger partial charge < -0.3 is 4.90 Å². The Hall–Kier alpha value is -2.91. The molecule has 0 saturated heterocycles. The summed E-state index contributed by atoms with van der Waals surface area (Å²) in [7, 11) is 1.71. The second-order valence-electron chi connectivity index (χ2n) is 5.78. The summed E-state index contributed by atoms with van der Waals surface area (Å²) in [5, 5.41) is 20.1. The molecule has 0 bridgehead atoms. The maximum atomic E-state index is 12.2. The lowest BCUT2D eigenvalue weighted by Gasteiger charge is -2.15. The molecule has 130 valence electrons. The van der Waals surface area contributed by atoms with Crippen molar-refractivity contribution in [2.75, 3.05) is 19.3 Å². The van der Waals surface area contributed by atoms with Gasteiger partial charge in [-0.2, -0.15) is 5.26 Å². The highest BCUT2D eigenvalue weighted by atomic mass is 32.2. The third kappa shape index (κ3) is 4.01. The quantitative estimate of drug-likeness (QED) is 0.625. The van der Waals surface area contributed by atoms with E-state index < -0.39 is 0 Å². The van der Waals surface area contributed by atoms with Crippen LogP contribution in [-0.2, 0) is 4.79 Å². The predicted octanol–water partition coefficient (Wildman–Crippen LogP) is 3.76. The molecule has 0 N–H and O–H groups in total. The number of carbonyl (C=O) groups is 1. The largest absolute Gasteiger partial charge is 0.344 e. The van der Waals surface area contributed by atoms with E-state index in [0.717, 1.165) is 27.1 Å². The van der Waals surface area contributed by atoms with E-state index in [1.807, 2.05) is 54.6 Å². The number of carbonyl (C=O) groups excluding carboxylic acids is 1. The van der Waals surface area contributed by atoms with Gasteiger partial charge in [0.25, 0.3) is 0 Å². The second kappa shape index (κ2) is 8.45. The highest BCUT2D eigenvalue weighted by Crippen LogP contribution is 2.31. The smallest absolute Gasteiger partial charge is 0.232 e. The van der Waals surface area contributed by atoms with Crippen LogP contribution < -0.4 is 0 Å². The molecule has 0 aliphatic heterocycles. The summed E-state index contributed by atoms with van der Waals surface area (Å²) in [5.74, 6) is 0.244. The van der Waals surface area contributed by atoms with Crippen LogP contribution >= 0.6 is 11.8 Å². The summed E-state index contributed by atoms with van der Waals surface area (Å²) >= 11 is 1.38. The molecule has 0 aliphatic carbocycles. The summed E-state index contributed by atoms with van der Waals surface area (Å²) in [4.78, 5) is 13.8. The molecule has 3 rings (SSSR count). The van der Waals surface area contributed by atoms with Gasteiger partial charge in [-0.15, -0.1) is 10.2 Å². The van der Waals surface area contributed by atoms with Crippen LogP contribution in [0.1, 0.15) is 6.42 Å². The Morgan fingerprint density at radius 3 is 2.50 bits per heavy atom. The molecule has 0 unspecified atom stereocenters. The molecular weight excluding hydrogens is 344 g/mol. The fourth-order valence-electron chi connectivity index (χ4n) is 2.58. The van der Waals surface area contributed by atoms with E-state index in [2.05, 4.69) is 16.3 Å². The Bertz CT molecular complexity index is 953. The molecular formula is C20H18N4OS. The average Bonchev–Trinajstić information content (AvgIpc) is 2.70. The van der Waals surface area contributed by atoms with Gasteiger partial charge in [0, 0.05) is 29.9 Å². The topological polar surface area (TPSA) is 69.9 Å². The van der Waals surface area contributed by atoms with Crippen molar-refractivity contribution < 1.29 is 4.79 Å².